The summed E-state index contributed by atoms with van der Waals surface area (Å²) in [4.78, 5) is 81.3. The average molecular weight is 1590 g/mol. The number of unbranched alkanes of at least 4 members (excludes halogenated alkanes) is 26. The van der Waals surface area contributed by atoms with Gasteiger partial charge in [-0.15, -0.1) is 0 Å². The molecule has 638 valence electrons. The van der Waals surface area contributed by atoms with Gasteiger partial charge in [0.15, 0.2) is 18.0 Å². The van der Waals surface area contributed by atoms with E-state index < -0.39 is 93.3 Å². The van der Waals surface area contributed by atoms with Crippen molar-refractivity contribution in [2.24, 2.45) is 0 Å². The summed E-state index contributed by atoms with van der Waals surface area (Å²) in [5.41, 5.74) is 0. The van der Waals surface area contributed by atoms with Crippen LogP contribution in [-0.4, -0.2) is 180 Å². The Labute approximate surface area is 659 Å². The molecule has 0 bridgehead atoms. The molecule has 1 saturated heterocycles. The second kappa shape index (κ2) is 67.7. The van der Waals surface area contributed by atoms with Gasteiger partial charge in [0, 0.05) is 52.5 Å². The maximum Gasteiger partial charge on any atom is 0.327 e. The Morgan fingerprint density at radius 2 is 0.716 bits per heavy atom. The minimum atomic E-state index is -3.85. The van der Waals surface area contributed by atoms with Gasteiger partial charge in [-0.25, -0.2) is 0 Å². The highest BCUT2D eigenvalue weighted by atomic mass is 31.2. The van der Waals surface area contributed by atoms with Gasteiger partial charge in [-0.3, -0.25) is 37.9 Å². The highest BCUT2D eigenvalue weighted by molar-refractivity contribution is 7.53. The highest BCUT2D eigenvalue weighted by Gasteiger charge is 2.49. The van der Waals surface area contributed by atoms with Crippen LogP contribution in [0.15, 0.2) is 24.3 Å². The average Bonchev–Trinajstić information content (AvgIpc) is 1.66. The van der Waals surface area contributed by atoms with Crippen LogP contribution in [0.3, 0.4) is 0 Å². The van der Waals surface area contributed by atoms with Crippen LogP contribution in [0, 0.1) is 0 Å². The van der Waals surface area contributed by atoms with E-state index in [0.717, 1.165) is 167 Å². The predicted molar refractivity (Wildman–Crippen MR) is 433 cm³/mol. The van der Waals surface area contributed by atoms with Crippen LogP contribution >= 0.6 is 15.2 Å². The van der Waals surface area contributed by atoms with Gasteiger partial charge < -0.3 is 78.0 Å². The fraction of sp³-hybridized carbons (Fsp3) is 0.880. The first kappa shape index (κ1) is 103. The van der Waals surface area contributed by atoms with Gasteiger partial charge in [-0.2, -0.15) is 0 Å². The zero-order valence-electron chi connectivity index (χ0n) is 69.7. The van der Waals surface area contributed by atoms with Crippen LogP contribution in [0.2, 0.25) is 0 Å². The van der Waals surface area contributed by atoms with E-state index in [2.05, 4.69) is 87.1 Å². The highest BCUT2D eigenvalue weighted by Crippen LogP contribution is 2.44. The summed E-state index contributed by atoms with van der Waals surface area (Å²) in [6.45, 7) is 17.4. The number of carbonyl (C=O) groups excluding carboxylic acids is 6. The predicted octanol–water partition coefficient (Wildman–Crippen LogP) is 17.4. The third kappa shape index (κ3) is 60.6. The Bertz CT molecular complexity index is 2320. The lowest BCUT2D eigenvalue weighted by Gasteiger charge is -2.24. The number of rotatable bonds is 76. The molecule has 1 fully saturated rings. The third-order valence-corrected chi connectivity index (χ3v) is 21.4. The second-order valence-corrected chi connectivity index (χ2v) is 34.4. The van der Waals surface area contributed by atoms with Crippen LogP contribution in [0.5, 0.6) is 0 Å². The summed E-state index contributed by atoms with van der Waals surface area (Å²) in [6.07, 6.45) is 41.8. The van der Waals surface area contributed by atoms with Gasteiger partial charge in [0.05, 0.1) is 76.8 Å². The molecule has 26 heteroatoms. The van der Waals surface area contributed by atoms with Gasteiger partial charge in [0.1, 0.15) is 12.2 Å². The number of aliphatic hydroxyl groups is 2. The van der Waals surface area contributed by atoms with E-state index in [1.54, 1.807) is 13.8 Å². The Kier molecular flexibility index (Phi) is 64.2. The zero-order valence-corrected chi connectivity index (χ0v) is 71.5. The smallest absolute Gasteiger partial charge is 0.327 e. The molecular formula is C83H156N4O20P2. The Morgan fingerprint density at radius 1 is 0.404 bits per heavy atom. The van der Waals surface area contributed by atoms with E-state index in [4.69, 9.17) is 46.5 Å². The molecule has 1 aliphatic rings. The van der Waals surface area contributed by atoms with Crippen molar-refractivity contribution in [1.82, 2.24) is 21.3 Å². The maximum atomic E-state index is 13.8. The topological polar surface area (TPSA) is 317 Å². The van der Waals surface area contributed by atoms with E-state index in [9.17, 15) is 48.1 Å². The molecule has 1 aliphatic heterocycles. The van der Waals surface area contributed by atoms with Gasteiger partial charge in [-0.05, 0) is 117 Å². The molecule has 1 rings (SSSR count). The first-order valence-corrected chi connectivity index (χ1v) is 46.8. The molecule has 0 aliphatic carbocycles. The molecule has 0 aromatic heterocycles. The summed E-state index contributed by atoms with van der Waals surface area (Å²) in [6, 6.07) is -1.62. The van der Waals surface area contributed by atoms with Crippen LogP contribution < -0.4 is 21.3 Å². The molecule has 0 radical (unpaired) electrons. The van der Waals surface area contributed by atoms with Gasteiger partial charge >= 0.3 is 27.1 Å². The molecule has 4 amide bonds. The van der Waals surface area contributed by atoms with E-state index in [1.807, 2.05) is 0 Å². The Hall–Kier alpha value is -3.64. The molecular weight excluding hydrogens is 1430 g/mol. The molecule has 10 atom stereocenters. The number of nitrogens with one attached hydrogen (secondary N) is 4. The molecule has 8 unspecified atom stereocenters. The molecule has 0 spiro atoms. The Balaban J connectivity index is 3.04. The summed E-state index contributed by atoms with van der Waals surface area (Å²) in [7, 11) is -7.71. The van der Waals surface area contributed by atoms with Gasteiger partial charge in [0.25, 0.3) is 11.8 Å². The Morgan fingerprint density at radius 3 is 1.06 bits per heavy atom. The van der Waals surface area contributed by atoms with Crippen molar-refractivity contribution in [2.75, 3.05) is 79.3 Å². The molecule has 109 heavy (non-hydrogen) atoms. The van der Waals surface area contributed by atoms with Gasteiger partial charge in [-0.1, -0.05) is 220 Å². The fourth-order valence-electron chi connectivity index (χ4n) is 12.5. The summed E-state index contributed by atoms with van der Waals surface area (Å²) < 4.78 is 86.2. The summed E-state index contributed by atoms with van der Waals surface area (Å²) in [5, 5.41) is 32.5. The molecule has 6 N–H and O–H groups in total. The lowest BCUT2D eigenvalue weighted by Crippen LogP contribution is -2.48. The number of aliphatic hydroxyl groups excluding tert-OH is 2. The van der Waals surface area contributed by atoms with Crippen LogP contribution in [-0.2, 0) is 84.4 Å². The minimum absolute atomic E-state index is 0.0394. The van der Waals surface area contributed by atoms with Crippen molar-refractivity contribution in [3.8, 4) is 0 Å². The number of hydrogen-bond acceptors (Lipinski definition) is 20. The molecule has 24 nitrogen and oxygen atoms in total. The quantitative estimate of drug-likeness (QED) is 0.0143. The first-order chi connectivity index (χ1) is 52.4. The normalized spacial score (nSPS) is 17.1. The molecule has 0 aromatic rings. The molecule has 0 aromatic carbocycles. The van der Waals surface area contributed by atoms with E-state index in [1.165, 1.54) is 51.9 Å². The van der Waals surface area contributed by atoms with E-state index in [-0.39, 0.29) is 104 Å². The van der Waals surface area contributed by atoms with E-state index in [0.29, 0.717) is 51.4 Å². The van der Waals surface area contributed by atoms with Crippen molar-refractivity contribution in [1.29, 1.82) is 0 Å². The van der Waals surface area contributed by atoms with Crippen LogP contribution in [0.25, 0.3) is 0 Å². The second-order valence-electron chi connectivity index (χ2n) is 30.3. The number of ether oxygens (including phenoxy) is 6. The number of allylic oxidation sites excluding steroid dienone is 4. The van der Waals surface area contributed by atoms with Crippen molar-refractivity contribution in [3.63, 3.8) is 0 Å². The zero-order chi connectivity index (χ0) is 80.5. The number of carbonyl (C=O) groups is 6. The maximum absolute atomic E-state index is 13.8. The van der Waals surface area contributed by atoms with E-state index >= 15 is 0 Å². The standard InChI is InChI=1S/C83H156N4O20P2/c1-11-17-23-29-31-33-35-41-47-53-77(92)104-73(51-45-39-27-21-15-5)63-75(90)86-69(65-98-59-55-71(88)49-43-37-25-19-13-3)67-102-108(9,96)100-61-57-84-81(94)79-80(107-83(7,8)106-79)82(95)85-58-62-101-109(10,97)103-68-70(66-99-60-56-72(89)50-44-38-26-20-14-4)87-76(91)64-74(52-46-40-28-22-16-6)105-78(93)54-48-42-36-34-32-30-24-18-12-2/h33-36,69-74,79-80,88-89H,11-32,37-68H2,1-10H3,(H,84,94)(H,85,95)(H,86,90)(H,87,91)/b35-33-,36-34-/t69?,70?,71?,72?,73-,74-,79?,80?,108?,109?/m1/s1. The molecule has 0 saturated carbocycles. The lowest BCUT2D eigenvalue weighted by atomic mass is 10.1. The van der Waals surface area contributed by atoms with Crippen molar-refractivity contribution >= 4 is 50.8 Å². The SMILES string of the molecule is CCCCCC/C=C\CCCC(=O)O[C@H](CCCCCCC)CC(=O)NC(COCCC(O)CCCCCCC)COP(C)(=O)OCCNC(=O)C1OC(C)(C)OC1C(=O)NCCOP(C)(=O)OCC(COCCC(O)CCCCCCC)NC(=O)C[C@@H](CCCCCCC)OC(=O)CCC/C=C\CCCCCC. The summed E-state index contributed by atoms with van der Waals surface area (Å²) in [5.74, 6) is -4.33. The van der Waals surface area contributed by atoms with Crippen molar-refractivity contribution in [2.45, 2.75) is 392 Å². The number of esters is 2. The van der Waals surface area contributed by atoms with Crippen LogP contribution in [0.4, 0.5) is 0 Å². The number of amides is 4. The number of hydrogen-bond donors (Lipinski definition) is 6. The van der Waals surface area contributed by atoms with Gasteiger partial charge in [0.2, 0.25) is 11.8 Å². The largest absolute Gasteiger partial charge is 0.462 e. The lowest BCUT2D eigenvalue weighted by molar-refractivity contribution is -0.159. The van der Waals surface area contributed by atoms with Crippen molar-refractivity contribution < 1.29 is 94.6 Å². The monoisotopic (exact) mass is 1590 g/mol. The van der Waals surface area contributed by atoms with Crippen molar-refractivity contribution in [3.05, 3.63) is 24.3 Å². The fourth-order valence-corrected chi connectivity index (χ4v) is 14.4. The third-order valence-electron chi connectivity index (χ3n) is 18.9. The van der Waals surface area contributed by atoms with Crippen LogP contribution in [0.1, 0.15) is 338 Å². The summed E-state index contributed by atoms with van der Waals surface area (Å²) >= 11 is 0. The minimum Gasteiger partial charge on any atom is -0.462 e. The molecule has 1 heterocycles. The first-order valence-electron chi connectivity index (χ1n) is 42.9.